The number of benzene rings is 2. The van der Waals surface area contributed by atoms with Crippen LogP contribution in [-0.4, -0.2) is 35.8 Å². The van der Waals surface area contributed by atoms with Gasteiger partial charge in [0.15, 0.2) is 0 Å². The van der Waals surface area contributed by atoms with Crippen LogP contribution in [0.2, 0.25) is 0 Å². The Morgan fingerprint density at radius 3 is 2.55 bits per heavy atom. The molecule has 1 N–H and O–H groups in total. The highest BCUT2D eigenvalue weighted by Gasteiger charge is 2.35. The van der Waals surface area contributed by atoms with E-state index in [1.54, 1.807) is 13.0 Å². The van der Waals surface area contributed by atoms with Gasteiger partial charge in [-0.3, -0.25) is 19.3 Å². The highest BCUT2D eigenvalue weighted by molar-refractivity contribution is 6.22. The molecule has 0 unspecified atom stereocenters. The number of nitrogens with one attached hydrogen (secondary N) is 1. The van der Waals surface area contributed by atoms with Gasteiger partial charge in [-0.1, -0.05) is 19.4 Å². The SMILES string of the molecule is CCCCN1C(=O)c2ccc(C(=O)Nc3cccc(OC(F)F)c3C)cc2C1=O. The summed E-state index contributed by atoms with van der Waals surface area (Å²) in [7, 11) is 0. The zero-order chi connectivity index (χ0) is 21.1. The number of nitrogens with zero attached hydrogens (tertiary/aromatic N) is 1. The minimum atomic E-state index is -2.98. The van der Waals surface area contributed by atoms with Crippen molar-refractivity contribution in [3.05, 3.63) is 58.7 Å². The molecule has 3 rings (SSSR count). The summed E-state index contributed by atoms with van der Waals surface area (Å²) < 4.78 is 29.4. The maximum atomic E-state index is 12.6. The molecule has 152 valence electrons. The van der Waals surface area contributed by atoms with E-state index in [0.29, 0.717) is 24.2 Å². The lowest BCUT2D eigenvalue weighted by Crippen LogP contribution is -2.30. The molecule has 8 heteroatoms. The van der Waals surface area contributed by atoms with E-state index in [4.69, 9.17) is 0 Å². The Balaban J connectivity index is 1.82. The Hall–Kier alpha value is -3.29. The Kier molecular flexibility index (Phi) is 5.91. The molecule has 0 atom stereocenters. The predicted molar refractivity (Wildman–Crippen MR) is 102 cm³/mol. The van der Waals surface area contributed by atoms with Gasteiger partial charge in [-0.25, -0.2) is 0 Å². The molecule has 0 bridgehead atoms. The number of alkyl halides is 2. The van der Waals surface area contributed by atoms with Crippen LogP contribution >= 0.6 is 0 Å². The smallest absolute Gasteiger partial charge is 0.387 e. The number of amides is 3. The largest absolute Gasteiger partial charge is 0.434 e. The molecule has 0 radical (unpaired) electrons. The lowest BCUT2D eigenvalue weighted by atomic mass is 10.0. The van der Waals surface area contributed by atoms with Gasteiger partial charge < -0.3 is 10.1 Å². The monoisotopic (exact) mass is 402 g/mol. The van der Waals surface area contributed by atoms with Crippen LogP contribution in [0.4, 0.5) is 14.5 Å². The molecular formula is C21H20F2N2O4. The number of fused-ring (bicyclic) bond motifs is 1. The Morgan fingerprint density at radius 2 is 1.86 bits per heavy atom. The minimum absolute atomic E-state index is 0.0425. The van der Waals surface area contributed by atoms with E-state index in [1.807, 2.05) is 6.92 Å². The van der Waals surface area contributed by atoms with Gasteiger partial charge in [-0.2, -0.15) is 8.78 Å². The average molecular weight is 402 g/mol. The molecule has 0 spiro atoms. The summed E-state index contributed by atoms with van der Waals surface area (Å²) in [6.07, 6.45) is 1.55. The maximum absolute atomic E-state index is 12.6. The fraction of sp³-hybridized carbons (Fsp3) is 0.286. The maximum Gasteiger partial charge on any atom is 0.387 e. The van der Waals surface area contributed by atoms with Crippen LogP contribution in [-0.2, 0) is 0 Å². The van der Waals surface area contributed by atoms with Crippen LogP contribution in [0, 0.1) is 6.92 Å². The third-order valence-corrected chi connectivity index (χ3v) is 4.72. The first-order valence-electron chi connectivity index (χ1n) is 9.19. The summed E-state index contributed by atoms with van der Waals surface area (Å²) in [5.74, 6) is -1.36. The molecule has 1 aliphatic rings. The molecule has 6 nitrogen and oxygen atoms in total. The van der Waals surface area contributed by atoms with Gasteiger partial charge in [0, 0.05) is 23.4 Å². The zero-order valence-electron chi connectivity index (χ0n) is 16.0. The van der Waals surface area contributed by atoms with Crippen LogP contribution < -0.4 is 10.1 Å². The van der Waals surface area contributed by atoms with Crippen molar-refractivity contribution in [2.75, 3.05) is 11.9 Å². The second-order valence-electron chi connectivity index (χ2n) is 6.64. The van der Waals surface area contributed by atoms with Gasteiger partial charge in [0.05, 0.1) is 11.1 Å². The fourth-order valence-electron chi connectivity index (χ4n) is 3.12. The van der Waals surface area contributed by atoms with Crippen LogP contribution in [0.5, 0.6) is 5.75 Å². The van der Waals surface area contributed by atoms with Crippen molar-refractivity contribution in [1.82, 2.24) is 4.90 Å². The van der Waals surface area contributed by atoms with Crippen molar-refractivity contribution in [3.63, 3.8) is 0 Å². The molecule has 0 saturated carbocycles. The number of carbonyl (C=O) groups excluding carboxylic acids is 3. The summed E-state index contributed by atoms with van der Waals surface area (Å²) >= 11 is 0. The van der Waals surface area contributed by atoms with E-state index < -0.39 is 18.4 Å². The van der Waals surface area contributed by atoms with Gasteiger partial charge in [-0.05, 0) is 43.7 Å². The molecule has 0 saturated heterocycles. The molecule has 2 aromatic rings. The number of anilines is 1. The van der Waals surface area contributed by atoms with E-state index in [-0.39, 0.29) is 28.3 Å². The summed E-state index contributed by atoms with van der Waals surface area (Å²) in [5.41, 5.74) is 1.29. The first-order valence-corrected chi connectivity index (χ1v) is 9.19. The second kappa shape index (κ2) is 8.38. The van der Waals surface area contributed by atoms with E-state index in [1.165, 1.54) is 35.2 Å². The first-order chi connectivity index (χ1) is 13.8. The molecule has 2 aromatic carbocycles. The third kappa shape index (κ3) is 4.11. The average Bonchev–Trinajstić information content (AvgIpc) is 2.92. The molecule has 0 aromatic heterocycles. The Morgan fingerprint density at radius 1 is 1.14 bits per heavy atom. The van der Waals surface area contributed by atoms with Crippen LogP contribution in [0.25, 0.3) is 0 Å². The number of halogens is 2. The van der Waals surface area contributed by atoms with E-state index in [2.05, 4.69) is 10.1 Å². The summed E-state index contributed by atoms with van der Waals surface area (Å²) in [4.78, 5) is 38.7. The third-order valence-electron chi connectivity index (χ3n) is 4.72. The van der Waals surface area contributed by atoms with E-state index in [9.17, 15) is 23.2 Å². The number of unbranched alkanes of at least 4 members (excludes halogenated alkanes) is 1. The lowest BCUT2D eigenvalue weighted by Gasteiger charge is -2.13. The Labute approximate surface area is 166 Å². The topological polar surface area (TPSA) is 75.7 Å². The van der Waals surface area contributed by atoms with Gasteiger partial charge in [0.2, 0.25) is 0 Å². The number of ether oxygens (including phenoxy) is 1. The molecule has 29 heavy (non-hydrogen) atoms. The first kappa shape index (κ1) is 20.4. The second-order valence-corrected chi connectivity index (χ2v) is 6.64. The molecule has 1 heterocycles. The van der Waals surface area contributed by atoms with Gasteiger partial charge in [0.1, 0.15) is 5.75 Å². The lowest BCUT2D eigenvalue weighted by molar-refractivity contribution is -0.0502. The van der Waals surface area contributed by atoms with Crippen molar-refractivity contribution >= 4 is 23.4 Å². The predicted octanol–water partition coefficient (Wildman–Crippen LogP) is 4.24. The van der Waals surface area contributed by atoms with Crippen molar-refractivity contribution in [3.8, 4) is 5.75 Å². The number of imide groups is 1. The van der Waals surface area contributed by atoms with Crippen molar-refractivity contribution in [2.24, 2.45) is 0 Å². The van der Waals surface area contributed by atoms with Crippen LogP contribution in [0.1, 0.15) is 56.4 Å². The summed E-state index contributed by atoms with van der Waals surface area (Å²) in [6, 6.07) is 8.71. The molecule has 0 fully saturated rings. The van der Waals surface area contributed by atoms with Gasteiger partial charge >= 0.3 is 6.61 Å². The number of carbonyl (C=O) groups is 3. The minimum Gasteiger partial charge on any atom is -0.434 e. The van der Waals surface area contributed by atoms with Crippen molar-refractivity contribution in [1.29, 1.82) is 0 Å². The number of rotatable bonds is 7. The Bertz CT molecular complexity index is 975. The molecule has 1 aliphatic heterocycles. The number of hydrogen-bond donors (Lipinski definition) is 1. The fourth-order valence-corrected chi connectivity index (χ4v) is 3.12. The molecule has 0 aliphatic carbocycles. The zero-order valence-corrected chi connectivity index (χ0v) is 16.0. The van der Waals surface area contributed by atoms with Crippen LogP contribution in [0.15, 0.2) is 36.4 Å². The van der Waals surface area contributed by atoms with E-state index in [0.717, 1.165) is 6.42 Å². The molecular weight excluding hydrogens is 382 g/mol. The van der Waals surface area contributed by atoms with E-state index >= 15 is 0 Å². The van der Waals surface area contributed by atoms with Gasteiger partial charge in [-0.15, -0.1) is 0 Å². The molecule has 3 amide bonds. The standard InChI is InChI=1S/C21H20F2N2O4/c1-3-4-10-25-19(27)14-9-8-13(11-15(14)20(25)28)18(26)24-16-6-5-7-17(12(16)2)29-21(22)23/h5-9,11,21H,3-4,10H2,1-2H3,(H,24,26). The highest BCUT2D eigenvalue weighted by atomic mass is 19.3. The van der Waals surface area contributed by atoms with Crippen molar-refractivity contribution in [2.45, 2.75) is 33.3 Å². The normalized spacial score (nSPS) is 13.1. The van der Waals surface area contributed by atoms with Crippen molar-refractivity contribution < 1.29 is 27.9 Å². The summed E-state index contributed by atoms with van der Waals surface area (Å²) in [6.45, 7) is 0.865. The highest BCUT2D eigenvalue weighted by Crippen LogP contribution is 2.28. The summed E-state index contributed by atoms with van der Waals surface area (Å²) in [5, 5.41) is 2.63. The quantitative estimate of drug-likeness (QED) is 0.703. The number of hydrogen-bond acceptors (Lipinski definition) is 4. The van der Waals surface area contributed by atoms with Crippen LogP contribution in [0.3, 0.4) is 0 Å². The van der Waals surface area contributed by atoms with Gasteiger partial charge in [0.25, 0.3) is 17.7 Å².